The zero-order valence-corrected chi connectivity index (χ0v) is 19.2. The number of unbranched alkanes of at least 4 members (excludes halogenated alkanes) is 1. The average molecular weight is 466 g/mol. The van der Waals surface area contributed by atoms with Crippen molar-refractivity contribution in [3.63, 3.8) is 0 Å². The number of pyridine rings is 1. The van der Waals surface area contributed by atoms with Crippen LogP contribution in [0.2, 0.25) is 5.02 Å². The van der Waals surface area contributed by atoms with Crippen LogP contribution in [-0.2, 0) is 12.8 Å². The molecule has 0 fully saturated rings. The van der Waals surface area contributed by atoms with Crippen LogP contribution < -0.4 is 5.56 Å². The lowest BCUT2D eigenvalue weighted by Gasteiger charge is -2.20. The Kier molecular flexibility index (Phi) is 6.84. The summed E-state index contributed by atoms with van der Waals surface area (Å²) in [6, 6.07) is 12.9. The molecular formula is C24H24ClN5O3. The van der Waals surface area contributed by atoms with E-state index in [4.69, 9.17) is 16.0 Å². The van der Waals surface area contributed by atoms with E-state index in [1.807, 2.05) is 37.3 Å². The van der Waals surface area contributed by atoms with Crippen molar-refractivity contribution in [1.82, 2.24) is 24.7 Å². The van der Waals surface area contributed by atoms with Crippen LogP contribution in [-0.4, -0.2) is 29.8 Å². The van der Waals surface area contributed by atoms with Crippen LogP contribution in [0.4, 0.5) is 0 Å². The lowest BCUT2D eigenvalue weighted by Crippen LogP contribution is -2.30. The molecule has 0 radical (unpaired) electrons. The topological polar surface area (TPSA) is 107 Å². The van der Waals surface area contributed by atoms with Gasteiger partial charge in [0.05, 0.1) is 17.5 Å². The van der Waals surface area contributed by atoms with Crippen molar-refractivity contribution in [3.05, 3.63) is 87.0 Å². The Morgan fingerprint density at radius 1 is 1.15 bits per heavy atom. The summed E-state index contributed by atoms with van der Waals surface area (Å²) in [6.07, 6.45) is 4.13. The molecule has 8 nitrogen and oxygen atoms in total. The summed E-state index contributed by atoms with van der Waals surface area (Å²) >= 11 is 5.88. The Labute approximate surface area is 195 Å². The van der Waals surface area contributed by atoms with Crippen molar-refractivity contribution in [3.8, 4) is 17.3 Å². The molecule has 0 saturated carbocycles. The fourth-order valence-electron chi connectivity index (χ4n) is 3.64. The quantitative estimate of drug-likeness (QED) is 0.405. The highest BCUT2D eigenvalue weighted by atomic mass is 35.5. The largest absolute Gasteiger partial charge is 0.493 e. The highest BCUT2D eigenvalue weighted by molar-refractivity contribution is 6.30. The number of nitrogens with zero attached hydrogens (tertiary/aromatic N) is 5. The molecule has 0 amide bonds. The molecule has 0 spiro atoms. The second kappa shape index (κ2) is 9.95. The zero-order chi connectivity index (χ0) is 23.4. The number of aryl methyl sites for hydroxylation is 1. The molecule has 4 aromatic rings. The van der Waals surface area contributed by atoms with Gasteiger partial charge in [0.1, 0.15) is 5.82 Å². The Balaban J connectivity index is 1.75. The summed E-state index contributed by atoms with van der Waals surface area (Å²) in [6.45, 7) is 3.99. The van der Waals surface area contributed by atoms with Gasteiger partial charge in [-0.15, -0.1) is 10.2 Å². The molecule has 0 aliphatic rings. The average Bonchev–Trinajstić information content (AvgIpc) is 3.27. The third-order valence-corrected chi connectivity index (χ3v) is 5.62. The van der Waals surface area contributed by atoms with E-state index in [1.165, 1.54) is 6.20 Å². The second-order valence-electron chi connectivity index (χ2n) is 7.74. The van der Waals surface area contributed by atoms with Gasteiger partial charge >= 0.3 is 0 Å². The van der Waals surface area contributed by atoms with E-state index in [0.29, 0.717) is 23.0 Å². The molecule has 1 atom stereocenters. The first-order valence-corrected chi connectivity index (χ1v) is 11.2. The van der Waals surface area contributed by atoms with Crippen molar-refractivity contribution >= 4 is 11.6 Å². The first-order chi connectivity index (χ1) is 16.0. The SMILES string of the molecule is CCCCc1nc(O)c(-c2nnc(Cc3ccc(Cl)cn3)o2)c(=O)n1[C@@H](C)c1ccccc1. The summed E-state index contributed by atoms with van der Waals surface area (Å²) in [5.41, 5.74) is 1.10. The van der Waals surface area contributed by atoms with Gasteiger partial charge in [0.2, 0.25) is 11.8 Å². The maximum absolute atomic E-state index is 13.6. The molecule has 0 aliphatic carbocycles. The number of hydrogen-bond acceptors (Lipinski definition) is 7. The molecule has 3 aromatic heterocycles. The molecule has 0 bridgehead atoms. The van der Waals surface area contributed by atoms with Gasteiger partial charge < -0.3 is 9.52 Å². The highest BCUT2D eigenvalue weighted by Crippen LogP contribution is 2.27. The highest BCUT2D eigenvalue weighted by Gasteiger charge is 2.25. The van der Waals surface area contributed by atoms with Crippen LogP contribution in [0.25, 0.3) is 11.5 Å². The number of benzene rings is 1. The van der Waals surface area contributed by atoms with Crippen LogP contribution in [0.15, 0.2) is 57.9 Å². The number of hydrogen-bond donors (Lipinski definition) is 1. The van der Waals surface area contributed by atoms with E-state index in [-0.39, 0.29) is 29.8 Å². The predicted molar refractivity (Wildman–Crippen MR) is 124 cm³/mol. The summed E-state index contributed by atoms with van der Waals surface area (Å²) < 4.78 is 7.32. The minimum atomic E-state index is -0.426. The molecular weight excluding hydrogens is 442 g/mol. The first kappa shape index (κ1) is 22.7. The number of halogens is 1. The van der Waals surface area contributed by atoms with E-state index >= 15 is 0 Å². The van der Waals surface area contributed by atoms with E-state index in [0.717, 1.165) is 18.4 Å². The van der Waals surface area contributed by atoms with E-state index < -0.39 is 11.4 Å². The van der Waals surface area contributed by atoms with Gasteiger partial charge in [-0.1, -0.05) is 55.3 Å². The van der Waals surface area contributed by atoms with Gasteiger partial charge in [0.15, 0.2) is 5.56 Å². The van der Waals surface area contributed by atoms with Crippen molar-refractivity contribution in [2.75, 3.05) is 0 Å². The Bertz CT molecular complexity index is 1290. The lowest BCUT2D eigenvalue weighted by molar-refractivity contribution is 0.431. The van der Waals surface area contributed by atoms with Crippen LogP contribution in [0.3, 0.4) is 0 Å². The summed E-state index contributed by atoms with van der Waals surface area (Å²) in [7, 11) is 0. The van der Waals surface area contributed by atoms with Crippen LogP contribution in [0.5, 0.6) is 5.88 Å². The molecule has 4 rings (SSSR count). The summed E-state index contributed by atoms with van der Waals surface area (Å²) in [4.78, 5) is 22.2. The summed E-state index contributed by atoms with van der Waals surface area (Å²) in [5.74, 6) is 0.286. The van der Waals surface area contributed by atoms with Gasteiger partial charge in [-0.25, -0.2) is 0 Å². The minimum Gasteiger partial charge on any atom is -0.493 e. The Morgan fingerprint density at radius 3 is 2.64 bits per heavy atom. The van der Waals surface area contributed by atoms with Crippen molar-refractivity contribution in [2.24, 2.45) is 0 Å². The maximum Gasteiger partial charge on any atom is 0.270 e. The van der Waals surface area contributed by atoms with Gasteiger partial charge in [-0.05, 0) is 31.0 Å². The fraction of sp³-hybridized carbons (Fsp3) is 0.292. The van der Waals surface area contributed by atoms with Gasteiger partial charge in [-0.3, -0.25) is 14.3 Å². The smallest absolute Gasteiger partial charge is 0.270 e. The number of aromatic nitrogens is 5. The first-order valence-electron chi connectivity index (χ1n) is 10.8. The molecule has 170 valence electrons. The van der Waals surface area contributed by atoms with Crippen molar-refractivity contribution in [2.45, 2.75) is 45.6 Å². The van der Waals surface area contributed by atoms with Crippen LogP contribution in [0.1, 0.15) is 55.7 Å². The van der Waals surface area contributed by atoms with Crippen molar-refractivity contribution < 1.29 is 9.52 Å². The summed E-state index contributed by atoms with van der Waals surface area (Å²) in [5, 5.41) is 19.2. The monoisotopic (exact) mass is 465 g/mol. The van der Waals surface area contributed by atoms with Crippen LogP contribution in [0, 0.1) is 0 Å². The third-order valence-electron chi connectivity index (χ3n) is 5.39. The van der Waals surface area contributed by atoms with E-state index in [9.17, 15) is 9.90 Å². The molecule has 0 aliphatic heterocycles. The lowest BCUT2D eigenvalue weighted by atomic mass is 10.1. The predicted octanol–water partition coefficient (Wildman–Crippen LogP) is 4.59. The molecule has 1 aromatic carbocycles. The molecule has 3 heterocycles. The van der Waals surface area contributed by atoms with Gasteiger partial charge in [0, 0.05) is 18.3 Å². The normalized spacial score (nSPS) is 12.1. The van der Waals surface area contributed by atoms with Crippen LogP contribution >= 0.6 is 11.6 Å². The third kappa shape index (κ3) is 4.96. The maximum atomic E-state index is 13.6. The van der Waals surface area contributed by atoms with Gasteiger partial charge in [0.25, 0.3) is 11.4 Å². The second-order valence-corrected chi connectivity index (χ2v) is 8.17. The van der Waals surface area contributed by atoms with Crippen molar-refractivity contribution in [1.29, 1.82) is 0 Å². The standard InChI is InChI=1S/C24H24ClN5O3/c1-3-4-10-19-27-22(31)21(24(32)30(19)15(2)16-8-6-5-7-9-16)23-29-28-20(33-23)13-18-12-11-17(25)14-26-18/h5-9,11-12,14-15,31H,3-4,10,13H2,1-2H3/t15-/m0/s1. The molecule has 0 unspecified atom stereocenters. The Hall–Kier alpha value is -3.52. The molecule has 1 N–H and O–H groups in total. The van der Waals surface area contributed by atoms with Gasteiger partial charge in [-0.2, -0.15) is 4.98 Å². The van der Waals surface area contributed by atoms with E-state index in [2.05, 4.69) is 27.1 Å². The number of rotatable bonds is 8. The van der Waals surface area contributed by atoms with E-state index in [1.54, 1.807) is 16.7 Å². The molecule has 0 saturated heterocycles. The fourth-order valence-corrected chi connectivity index (χ4v) is 3.75. The number of aromatic hydroxyl groups is 1. The minimum absolute atomic E-state index is 0.0787. The molecule has 9 heteroatoms. The molecule has 33 heavy (non-hydrogen) atoms. The zero-order valence-electron chi connectivity index (χ0n) is 18.4. The Morgan fingerprint density at radius 2 is 1.94 bits per heavy atom.